The zero-order valence-electron chi connectivity index (χ0n) is 13.4. The van der Waals surface area contributed by atoms with Gasteiger partial charge in [0, 0.05) is 6.54 Å². The fourth-order valence-electron chi connectivity index (χ4n) is 3.68. The molecule has 1 saturated carbocycles. The van der Waals surface area contributed by atoms with Crippen molar-refractivity contribution in [1.29, 1.82) is 0 Å². The van der Waals surface area contributed by atoms with Crippen molar-refractivity contribution in [2.24, 2.45) is 5.92 Å². The molecule has 0 unspecified atom stereocenters. The highest BCUT2D eigenvalue weighted by atomic mass is 16.2. The summed E-state index contributed by atoms with van der Waals surface area (Å²) in [5.74, 6) is 0.395. The number of benzene rings is 1. The van der Waals surface area contributed by atoms with E-state index in [0.717, 1.165) is 24.8 Å². The van der Waals surface area contributed by atoms with Crippen LogP contribution in [0.25, 0.3) is 0 Å². The normalized spacial score (nSPS) is 23.1. The van der Waals surface area contributed by atoms with Crippen molar-refractivity contribution in [2.75, 3.05) is 6.54 Å². The van der Waals surface area contributed by atoms with Crippen LogP contribution in [0.5, 0.6) is 0 Å². The fourth-order valence-corrected chi connectivity index (χ4v) is 3.68. The highest BCUT2D eigenvalue weighted by molar-refractivity contribution is 5.87. The summed E-state index contributed by atoms with van der Waals surface area (Å²) in [5.41, 5.74) is 1.14. The number of urea groups is 1. The standard InChI is InChI=1S/C18H25N3O2/c22-17-15(11-6-12-19-17)20-18(23)21-16(14-9-4-5-10-14)13-7-2-1-3-8-13/h1-3,7-8,14-16H,4-6,9-12H2,(H,19,22)(H2,20,21,23)/t15-,16-/m0/s1. The molecule has 124 valence electrons. The number of rotatable bonds is 4. The highest BCUT2D eigenvalue weighted by Crippen LogP contribution is 2.35. The number of hydrogen-bond donors (Lipinski definition) is 3. The van der Waals surface area contributed by atoms with E-state index in [1.165, 1.54) is 12.8 Å². The van der Waals surface area contributed by atoms with E-state index in [9.17, 15) is 9.59 Å². The van der Waals surface area contributed by atoms with Crippen molar-refractivity contribution >= 4 is 11.9 Å². The molecule has 0 radical (unpaired) electrons. The predicted octanol–water partition coefficient (Wildman–Crippen LogP) is 2.50. The highest BCUT2D eigenvalue weighted by Gasteiger charge is 2.29. The second kappa shape index (κ2) is 7.49. The van der Waals surface area contributed by atoms with Gasteiger partial charge in [0.1, 0.15) is 6.04 Å². The van der Waals surface area contributed by atoms with Crippen molar-refractivity contribution in [3.8, 4) is 0 Å². The summed E-state index contributed by atoms with van der Waals surface area (Å²) in [6, 6.07) is 9.49. The van der Waals surface area contributed by atoms with Crippen LogP contribution in [-0.4, -0.2) is 24.5 Å². The number of amides is 3. The molecule has 23 heavy (non-hydrogen) atoms. The SMILES string of the molecule is O=C(N[C@H]1CCCNC1=O)N[C@@H](c1ccccc1)C1CCCC1. The summed E-state index contributed by atoms with van der Waals surface area (Å²) in [7, 11) is 0. The third-order valence-corrected chi connectivity index (χ3v) is 4.91. The molecule has 2 fully saturated rings. The first-order chi connectivity index (χ1) is 11.2. The third kappa shape index (κ3) is 4.03. The maximum absolute atomic E-state index is 12.4. The minimum atomic E-state index is -0.413. The molecule has 2 aliphatic rings. The maximum Gasteiger partial charge on any atom is 0.315 e. The Balaban J connectivity index is 1.65. The van der Waals surface area contributed by atoms with Crippen LogP contribution in [0, 0.1) is 5.92 Å². The molecule has 0 aromatic heterocycles. The molecule has 5 heteroatoms. The van der Waals surface area contributed by atoms with E-state index in [2.05, 4.69) is 28.1 Å². The topological polar surface area (TPSA) is 70.2 Å². The second-order valence-corrected chi connectivity index (χ2v) is 6.54. The second-order valence-electron chi connectivity index (χ2n) is 6.54. The van der Waals surface area contributed by atoms with Crippen molar-refractivity contribution in [3.63, 3.8) is 0 Å². The Bertz CT molecular complexity index is 540. The molecule has 1 aromatic carbocycles. The van der Waals surface area contributed by atoms with Crippen LogP contribution in [0.2, 0.25) is 0 Å². The molecule has 1 aromatic rings. The van der Waals surface area contributed by atoms with Crippen LogP contribution >= 0.6 is 0 Å². The largest absolute Gasteiger partial charge is 0.354 e. The molecular weight excluding hydrogens is 290 g/mol. The Morgan fingerprint density at radius 1 is 1.09 bits per heavy atom. The van der Waals surface area contributed by atoms with Gasteiger partial charge in [-0.25, -0.2) is 4.79 Å². The van der Waals surface area contributed by atoms with Crippen LogP contribution < -0.4 is 16.0 Å². The molecule has 0 bridgehead atoms. The average molecular weight is 315 g/mol. The predicted molar refractivity (Wildman–Crippen MR) is 88.8 cm³/mol. The van der Waals surface area contributed by atoms with E-state index in [-0.39, 0.29) is 18.0 Å². The van der Waals surface area contributed by atoms with E-state index < -0.39 is 6.04 Å². The lowest BCUT2D eigenvalue weighted by Crippen LogP contribution is -2.53. The van der Waals surface area contributed by atoms with Crippen LogP contribution in [-0.2, 0) is 4.79 Å². The molecule has 3 rings (SSSR count). The van der Waals surface area contributed by atoms with E-state index in [1.54, 1.807) is 0 Å². The Morgan fingerprint density at radius 3 is 2.52 bits per heavy atom. The maximum atomic E-state index is 12.4. The van der Waals surface area contributed by atoms with Crippen LogP contribution in [0.15, 0.2) is 30.3 Å². The third-order valence-electron chi connectivity index (χ3n) is 4.91. The Morgan fingerprint density at radius 2 is 1.83 bits per heavy atom. The van der Waals surface area contributed by atoms with Crippen LogP contribution in [0.3, 0.4) is 0 Å². The van der Waals surface area contributed by atoms with Crippen molar-refractivity contribution < 1.29 is 9.59 Å². The van der Waals surface area contributed by atoms with E-state index in [0.29, 0.717) is 18.9 Å². The number of carbonyl (C=O) groups excluding carboxylic acids is 2. The first-order valence-electron chi connectivity index (χ1n) is 8.64. The Labute approximate surface area is 137 Å². The monoisotopic (exact) mass is 315 g/mol. The van der Waals surface area contributed by atoms with Gasteiger partial charge in [-0.1, -0.05) is 43.2 Å². The first kappa shape index (κ1) is 15.8. The molecule has 5 nitrogen and oxygen atoms in total. The molecule has 0 spiro atoms. The molecule has 1 saturated heterocycles. The lowest BCUT2D eigenvalue weighted by Gasteiger charge is -2.28. The van der Waals surface area contributed by atoms with E-state index in [1.807, 2.05) is 18.2 Å². The van der Waals surface area contributed by atoms with Gasteiger partial charge in [0.15, 0.2) is 0 Å². The van der Waals surface area contributed by atoms with Crippen molar-refractivity contribution in [2.45, 2.75) is 50.6 Å². The van der Waals surface area contributed by atoms with Crippen molar-refractivity contribution in [1.82, 2.24) is 16.0 Å². The zero-order chi connectivity index (χ0) is 16.1. The van der Waals surface area contributed by atoms with Gasteiger partial charge >= 0.3 is 6.03 Å². The van der Waals surface area contributed by atoms with Crippen LogP contribution in [0.4, 0.5) is 4.79 Å². The lowest BCUT2D eigenvalue weighted by atomic mass is 9.92. The van der Waals surface area contributed by atoms with Crippen LogP contribution in [0.1, 0.15) is 50.1 Å². The van der Waals surface area contributed by atoms with Gasteiger partial charge < -0.3 is 16.0 Å². The zero-order valence-corrected chi connectivity index (χ0v) is 13.4. The molecule has 3 N–H and O–H groups in total. The van der Waals surface area contributed by atoms with E-state index >= 15 is 0 Å². The minimum absolute atomic E-state index is 0.0188. The average Bonchev–Trinajstić information content (AvgIpc) is 3.10. The molecule has 3 amide bonds. The lowest BCUT2D eigenvalue weighted by molar-refractivity contribution is -0.124. The first-order valence-corrected chi connectivity index (χ1v) is 8.64. The number of hydrogen-bond acceptors (Lipinski definition) is 2. The summed E-state index contributed by atoms with van der Waals surface area (Å²) in [4.78, 5) is 24.2. The molecule has 2 atom stereocenters. The Hall–Kier alpha value is -2.04. The van der Waals surface area contributed by atoms with Gasteiger partial charge in [-0.15, -0.1) is 0 Å². The molecule has 1 aliphatic heterocycles. The molecule has 1 heterocycles. The number of piperidine rings is 1. The molecular formula is C18H25N3O2. The summed E-state index contributed by atoms with van der Waals surface area (Å²) in [5, 5.41) is 8.74. The molecule has 1 aliphatic carbocycles. The van der Waals surface area contributed by atoms with Crippen molar-refractivity contribution in [3.05, 3.63) is 35.9 Å². The Kier molecular flexibility index (Phi) is 5.16. The van der Waals surface area contributed by atoms with Gasteiger partial charge in [-0.05, 0) is 37.2 Å². The van der Waals surface area contributed by atoms with Gasteiger partial charge in [0.05, 0.1) is 6.04 Å². The number of carbonyl (C=O) groups is 2. The minimum Gasteiger partial charge on any atom is -0.354 e. The van der Waals surface area contributed by atoms with E-state index in [4.69, 9.17) is 0 Å². The summed E-state index contributed by atoms with van der Waals surface area (Å²) in [6.07, 6.45) is 6.35. The summed E-state index contributed by atoms with van der Waals surface area (Å²) >= 11 is 0. The number of nitrogens with one attached hydrogen (secondary N) is 3. The summed E-state index contributed by atoms with van der Waals surface area (Å²) in [6.45, 7) is 0.702. The summed E-state index contributed by atoms with van der Waals surface area (Å²) < 4.78 is 0. The quantitative estimate of drug-likeness (QED) is 0.799. The van der Waals surface area contributed by atoms with Gasteiger partial charge in [-0.2, -0.15) is 0 Å². The fraction of sp³-hybridized carbons (Fsp3) is 0.556. The van der Waals surface area contributed by atoms with Gasteiger partial charge in [0.25, 0.3) is 0 Å². The van der Waals surface area contributed by atoms with Gasteiger partial charge in [-0.3, -0.25) is 4.79 Å². The smallest absolute Gasteiger partial charge is 0.315 e. The van der Waals surface area contributed by atoms with Gasteiger partial charge in [0.2, 0.25) is 5.91 Å².